The summed E-state index contributed by atoms with van der Waals surface area (Å²) < 4.78 is 7.00. The second kappa shape index (κ2) is 17.3. The molecule has 6 aromatic rings. The van der Waals surface area contributed by atoms with Gasteiger partial charge in [-0.05, 0) is 35.7 Å². The Balaban J connectivity index is 0.000000177. The molecule has 0 amide bonds. The van der Waals surface area contributed by atoms with Crippen molar-refractivity contribution in [3.8, 4) is 28.0 Å². The van der Waals surface area contributed by atoms with Crippen LogP contribution in [0.4, 0.5) is 5.69 Å². The van der Waals surface area contributed by atoms with Gasteiger partial charge in [-0.2, -0.15) is 11.4 Å². The number of aromatic nitrogens is 1. The molecule has 0 radical (unpaired) electrons. The molecule has 0 fully saturated rings. The molecule has 240 valence electrons. The van der Waals surface area contributed by atoms with Gasteiger partial charge in [-0.1, -0.05) is 86.6 Å². The van der Waals surface area contributed by atoms with E-state index in [0.717, 1.165) is 44.9 Å². The molecule has 0 aliphatic rings. The van der Waals surface area contributed by atoms with Crippen molar-refractivity contribution in [3.63, 3.8) is 0 Å². The van der Waals surface area contributed by atoms with Gasteiger partial charge >= 0.3 is 138 Å². The minimum absolute atomic E-state index is 0.0309. The van der Waals surface area contributed by atoms with E-state index in [1.807, 2.05) is 123 Å². The average Bonchev–Trinajstić information content (AvgIpc) is 3.47. The summed E-state index contributed by atoms with van der Waals surface area (Å²) in [5.41, 5.74) is 9.26. The molecule has 6 heteroatoms. The van der Waals surface area contributed by atoms with E-state index in [1.165, 1.54) is 5.56 Å². The number of hydrogen-bond donors (Lipinski definition) is 1. The summed E-state index contributed by atoms with van der Waals surface area (Å²) in [6.45, 7) is 10.5. The first-order chi connectivity index (χ1) is 22.5. The standard InChI is InChI=1S/C19H16O.C10H12.C6H3Cl2N.C6H8N.W/c1-14-12-17(15-8-4-2-5-9-15)19(20)18(13-14)16-10-6-3-7-11-16;1-10(2,3)9-7-5-4-6-8-9;7-4-2-1-3-5(8)6(4)9;1-5-3-4-6(2)7-5;/h2-13,20H,1H3;1,4-8H,2-3H3;1-3H;3-4H,1-2H3;/q;;;-1;. The van der Waals surface area contributed by atoms with Crippen LogP contribution in [-0.4, -0.2) is 9.51 Å². The van der Waals surface area contributed by atoms with E-state index in [0.29, 0.717) is 15.8 Å². The first-order valence-electron chi connectivity index (χ1n) is 15.3. The zero-order valence-corrected chi connectivity index (χ0v) is 31.7. The second-order valence-corrected chi connectivity index (χ2v) is 14.7. The summed E-state index contributed by atoms with van der Waals surface area (Å²) >= 11 is 11.3. The summed E-state index contributed by atoms with van der Waals surface area (Å²) in [4.78, 5) is 4.11. The van der Waals surface area contributed by atoms with E-state index in [9.17, 15) is 5.11 Å². The Labute approximate surface area is 297 Å². The van der Waals surface area contributed by atoms with Crippen molar-refractivity contribution in [1.82, 2.24) is 4.98 Å². The van der Waals surface area contributed by atoms with Gasteiger partial charge in [0.25, 0.3) is 0 Å². The average molecular weight is 831 g/mol. The fraction of sp³-hybridized carbons (Fsp3) is 0.146. The quantitative estimate of drug-likeness (QED) is 0.188. The van der Waals surface area contributed by atoms with Gasteiger partial charge in [0.2, 0.25) is 0 Å². The molecule has 0 saturated carbocycles. The van der Waals surface area contributed by atoms with Crippen molar-refractivity contribution >= 4 is 33.3 Å². The van der Waals surface area contributed by atoms with Crippen LogP contribution in [0.1, 0.15) is 36.4 Å². The number of hydrogen-bond acceptors (Lipinski definition) is 2. The number of halogens is 2. The summed E-state index contributed by atoms with van der Waals surface area (Å²) in [7, 11) is 0. The maximum Gasteiger partial charge on any atom is 0.131 e. The van der Waals surface area contributed by atoms with E-state index in [4.69, 9.17) is 23.2 Å². The molecule has 1 heterocycles. The van der Waals surface area contributed by atoms with Crippen LogP contribution in [0.25, 0.3) is 22.3 Å². The molecule has 0 atom stereocenters. The molecule has 5 aromatic carbocycles. The number of aryl methyl sites for hydroxylation is 3. The van der Waals surface area contributed by atoms with Crippen LogP contribution in [0.5, 0.6) is 5.75 Å². The number of benzene rings is 5. The van der Waals surface area contributed by atoms with Crippen molar-refractivity contribution in [2.75, 3.05) is 0 Å². The molecule has 0 unspecified atom stereocenters. The molecule has 0 aliphatic carbocycles. The SMILES string of the molecule is CC(C)([CH]=[W]=[N]c1c(Cl)cccc1Cl)c1ccccc1.Cc1cc(-c2ccccc2)c(O)c(-c2ccccc2)c1.Cc1ccc(C)[n-]1. The number of phenolic OH excluding ortho intramolecular Hbond substituents is 1. The number of phenols is 1. The van der Waals surface area contributed by atoms with Crippen LogP contribution < -0.4 is 4.98 Å². The predicted molar refractivity (Wildman–Crippen MR) is 197 cm³/mol. The van der Waals surface area contributed by atoms with Crippen molar-refractivity contribution < 1.29 is 23.0 Å². The minimum atomic E-state index is -1.01. The number of aromatic hydroxyl groups is 1. The Morgan fingerprint density at radius 2 is 1.09 bits per heavy atom. The smallest absolute Gasteiger partial charge is 0.131 e. The fourth-order valence-corrected chi connectivity index (χ4v) is 8.36. The zero-order chi connectivity index (χ0) is 33.8. The molecule has 3 nitrogen and oxygen atoms in total. The van der Waals surface area contributed by atoms with Crippen LogP contribution in [-0.2, 0) is 23.3 Å². The number of rotatable bonds is 5. The van der Waals surface area contributed by atoms with Gasteiger partial charge < -0.3 is 10.1 Å². The Morgan fingerprint density at radius 3 is 1.51 bits per heavy atom. The van der Waals surface area contributed by atoms with Gasteiger partial charge in [0, 0.05) is 11.1 Å². The van der Waals surface area contributed by atoms with E-state index in [2.05, 4.69) is 57.9 Å². The van der Waals surface area contributed by atoms with E-state index in [1.54, 1.807) is 0 Å². The van der Waals surface area contributed by atoms with Gasteiger partial charge in [-0.3, -0.25) is 0 Å². The monoisotopic (exact) mass is 829 g/mol. The van der Waals surface area contributed by atoms with Crippen molar-refractivity contribution in [3.05, 3.63) is 166 Å². The fourth-order valence-electron chi connectivity index (χ4n) is 4.77. The molecule has 0 aliphatic heterocycles. The van der Waals surface area contributed by atoms with Gasteiger partial charge in [0.05, 0.1) is 0 Å². The molecule has 0 bridgehead atoms. The van der Waals surface area contributed by atoms with Gasteiger partial charge in [-0.25, -0.2) is 0 Å². The summed E-state index contributed by atoms with van der Waals surface area (Å²) in [5, 5.41) is 11.9. The molecule has 1 aromatic heterocycles. The van der Waals surface area contributed by atoms with Crippen LogP contribution in [0.3, 0.4) is 0 Å². The molecule has 0 spiro atoms. The largest absolute Gasteiger partial charge is 0.665 e. The van der Waals surface area contributed by atoms with Crippen LogP contribution in [0.15, 0.2) is 137 Å². The molecular weight excluding hydrogens is 791 g/mol. The Morgan fingerprint density at radius 1 is 0.638 bits per heavy atom. The normalized spacial score (nSPS) is 10.5. The van der Waals surface area contributed by atoms with Crippen LogP contribution >= 0.6 is 23.2 Å². The zero-order valence-electron chi connectivity index (χ0n) is 27.3. The molecule has 47 heavy (non-hydrogen) atoms. The van der Waals surface area contributed by atoms with Crippen molar-refractivity contribution in [2.45, 2.75) is 40.0 Å². The van der Waals surface area contributed by atoms with Gasteiger partial charge in [-0.15, -0.1) is 0 Å². The van der Waals surface area contributed by atoms with E-state index >= 15 is 0 Å². The third kappa shape index (κ3) is 10.6. The van der Waals surface area contributed by atoms with Crippen molar-refractivity contribution in [1.29, 1.82) is 0 Å². The molecule has 1 N–H and O–H groups in total. The molecule has 6 rings (SSSR count). The van der Waals surface area contributed by atoms with Gasteiger partial charge in [0.15, 0.2) is 0 Å². The van der Waals surface area contributed by atoms with E-state index < -0.39 is 17.9 Å². The van der Waals surface area contributed by atoms with Gasteiger partial charge in [0.1, 0.15) is 5.75 Å². The maximum absolute atomic E-state index is 10.6. The second-order valence-electron chi connectivity index (χ2n) is 11.6. The Hall–Kier alpha value is -3.88. The minimum Gasteiger partial charge on any atom is -0.665 e. The third-order valence-corrected chi connectivity index (χ3v) is 11.4. The Bertz CT molecular complexity index is 1850. The topological polar surface area (TPSA) is 46.7 Å². The Kier molecular flexibility index (Phi) is 13.3. The summed E-state index contributed by atoms with van der Waals surface area (Å²) in [5.74, 6) is 0.341. The third-order valence-electron chi connectivity index (χ3n) is 7.29. The summed E-state index contributed by atoms with van der Waals surface area (Å²) in [6, 6.07) is 44.0. The molecule has 0 saturated heterocycles. The molecular formula is C41H39Cl2N2OW-. The van der Waals surface area contributed by atoms with Crippen LogP contribution in [0, 0.1) is 20.8 Å². The first kappa shape index (κ1) is 36.0. The summed E-state index contributed by atoms with van der Waals surface area (Å²) in [6.07, 6.45) is 0. The number of nitrogens with zero attached hydrogens (tertiary/aromatic N) is 2. The van der Waals surface area contributed by atoms with Crippen molar-refractivity contribution in [2.24, 2.45) is 3.50 Å². The maximum atomic E-state index is 10.6. The van der Waals surface area contributed by atoms with E-state index in [-0.39, 0.29) is 5.41 Å². The predicted octanol–water partition coefficient (Wildman–Crippen LogP) is 12.0. The van der Waals surface area contributed by atoms with Crippen LogP contribution in [0.2, 0.25) is 10.0 Å². The first-order valence-corrected chi connectivity index (χ1v) is 19.0.